The van der Waals surface area contributed by atoms with Crippen LogP contribution in [0.2, 0.25) is 0 Å². The first-order chi connectivity index (χ1) is 10.3. The minimum Gasteiger partial charge on any atom is -0.488 e. The maximum atomic E-state index is 5.86. The first-order valence-electron chi connectivity index (χ1n) is 7.31. The van der Waals surface area contributed by atoms with Crippen LogP contribution in [-0.2, 0) is 6.42 Å². The minimum atomic E-state index is 0.0602. The number of para-hydroxylation sites is 1. The van der Waals surface area contributed by atoms with E-state index in [0.717, 1.165) is 18.7 Å². The zero-order chi connectivity index (χ0) is 14.7. The van der Waals surface area contributed by atoms with E-state index < -0.39 is 0 Å². The smallest absolute Gasteiger partial charge is 0.315 e. The molecule has 2 unspecified atom stereocenters. The zero-order valence-corrected chi connectivity index (χ0v) is 12.3. The normalized spacial score (nSPS) is 18.1. The van der Waals surface area contributed by atoms with Crippen molar-refractivity contribution in [2.75, 3.05) is 18.4 Å². The van der Waals surface area contributed by atoms with E-state index in [2.05, 4.69) is 26.9 Å². The number of nitrogens with zero attached hydrogens (tertiary/aromatic N) is 2. The molecule has 112 valence electrons. The quantitative estimate of drug-likeness (QED) is 0.848. The number of anilines is 1. The molecule has 0 fully saturated rings. The molecule has 2 atom stereocenters. The molecule has 0 saturated heterocycles. The second kappa shape index (κ2) is 6.13. The summed E-state index contributed by atoms with van der Waals surface area (Å²) in [7, 11) is 0. The molecule has 21 heavy (non-hydrogen) atoms. The Morgan fingerprint density at radius 3 is 3.00 bits per heavy atom. The molecule has 0 amide bonds. The maximum absolute atomic E-state index is 5.86. The van der Waals surface area contributed by atoms with E-state index in [1.165, 1.54) is 5.56 Å². The Morgan fingerprint density at radius 1 is 1.33 bits per heavy atom. The first-order valence-corrected chi connectivity index (χ1v) is 7.31. The van der Waals surface area contributed by atoms with Crippen molar-refractivity contribution >= 4 is 6.01 Å². The predicted molar refractivity (Wildman–Crippen MR) is 79.4 cm³/mol. The van der Waals surface area contributed by atoms with Crippen molar-refractivity contribution in [1.82, 2.24) is 15.5 Å². The van der Waals surface area contributed by atoms with Gasteiger partial charge in [-0.05, 0) is 25.1 Å². The number of nitrogens with one attached hydrogen (secondary N) is 2. The van der Waals surface area contributed by atoms with Crippen molar-refractivity contribution in [3.8, 4) is 5.75 Å². The van der Waals surface area contributed by atoms with Gasteiger partial charge in [-0.25, -0.2) is 0 Å². The summed E-state index contributed by atoms with van der Waals surface area (Å²) in [6.45, 7) is 5.55. The molecule has 1 aromatic carbocycles. The predicted octanol–water partition coefficient (Wildman–Crippen LogP) is 2.16. The van der Waals surface area contributed by atoms with E-state index in [9.17, 15) is 0 Å². The molecule has 0 saturated carbocycles. The van der Waals surface area contributed by atoms with Crippen molar-refractivity contribution in [3.63, 3.8) is 0 Å². The number of ether oxygens (including phenoxy) is 1. The first kappa shape index (κ1) is 13.9. The van der Waals surface area contributed by atoms with Crippen molar-refractivity contribution in [1.29, 1.82) is 0 Å². The number of hydrogen-bond donors (Lipinski definition) is 2. The third kappa shape index (κ3) is 3.16. The van der Waals surface area contributed by atoms with Crippen molar-refractivity contribution < 1.29 is 9.15 Å². The lowest BCUT2D eigenvalue weighted by molar-refractivity contribution is 0.245. The average Bonchev–Trinajstić information content (AvgIpc) is 3.11. The van der Waals surface area contributed by atoms with Gasteiger partial charge in [0, 0.05) is 6.42 Å². The van der Waals surface area contributed by atoms with Gasteiger partial charge in [0.1, 0.15) is 11.9 Å². The van der Waals surface area contributed by atoms with Crippen LogP contribution >= 0.6 is 0 Å². The molecule has 0 spiro atoms. The molecular formula is C15H20N4O2. The Kier molecular flexibility index (Phi) is 4.06. The molecule has 1 aromatic heterocycles. The monoisotopic (exact) mass is 288 g/mol. The van der Waals surface area contributed by atoms with Crippen molar-refractivity contribution in [3.05, 3.63) is 35.7 Å². The summed E-state index contributed by atoms with van der Waals surface area (Å²) in [6.07, 6.45) is 1.00. The van der Waals surface area contributed by atoms with Crippen LogP contribution in [0.15, 0.2) is 28.7 Å². The molecule has 0 aliphatic carbocycles. The van der Waals surface area contributed by atoms with Crippen LogP contribution < -0.4 is 15.4 Å². The lowest BCUT2D eigenvalue weighted by Crippen LogP contribution is -2.24. The van der Waals surface area contributed by atoms with E-state index in [1.54, 1.807) is 0 Å². The Morgan fingerprint density at radius 2 is 2.19 bits per heavy atom. The molecule has 0 radical (unpaired) electrons. The molecule has 6 nitrogen and oxygen atoms in total. The van der Waals surface area contributed by atoms with Gasteiger partial charge in [-0.2, -0.15) is 0 Å². The maximum Gasteiger partial charge on any atom is 0.315 e. The summed E-state index contributed by atoms with van der Waals surface area (Å²) in [5.74, 6) is 1.56. The summed E-state index contributed by atoms with van der Waals surface area (Å²) < 4.78 is 11.4. The van der Waals surface area contributed by atoms with Gasteiger partial charge in [0.2, 0.25) is 5.89 Å². The van der Waals surface area contributed by atoms with Gasteiger partial charge in [0.15, 0.2) is 0 Å². The van der Waals surface area contributed by atoms with Gasteiger partial charge in [-0.15, -0.1) is 5.10 Å². The van der Waals surface area contributed by atoms with Crippen LogP contribution in [0.1, 0.15) is 31.3 Å². The van der Waals surface area contributed by atoms with Gasteiger partial charge < -0.3 is 19.8 Å². The van der Waals surface area contributed by atoms with Gasteiger partial charge >= 0.3 is 6.01 Å². The molecule has 1 aliphatic heterocycles. The molecule has 0 bridgehead atoms. The lowest BCUT2D eigenvalue weighted by atomic mass is 10.1. The topological polar surface area (TPSA) is 72.2 Å². The zero-order valence-electron chi connectivity index (χ0n) is 12.3. The highest BCUT2D eigenvalue weighted by molar-refractivity contribution is 5.37. The molecule has 1 aliphatic rings. The van der Waals surface area contributed by atoms with Crippen LogP contribution in [0.25, 0.3) is 0 Å². The fourth-order valence-electron chi connectivity index (χ4n) is 2.44. The Hall–Kier alpha value is -2.08. The van der Waals surface area contributed by atoms with E-state index >= 15 is 0 Å². The third-order valence-electron chi connectivity index (χ3n) is 3.52. The third-order valence-corrected chi connectivity index (χ3v) is 3.52. The summed E-state index contributed by atoms with van der Waals surface area (Å²) in [6, 6.07) is 8.61. The number of benzene rings is 1. The molecule has 6 heteroatoms. The summed E-state index contributed by atoms with van der Waals surface area (Å²) in [5, 5.41) is 14.4. The Bertz CT molecular complexity index is 574. The highest BCUT2D eigenvalue weighted by Gasteiger charge is 2.22. The number of fused-ring (bicyclic) bond motifs is 1. The lowest BCUT2D eigenvalue weighted by Gasteiger charge is -2.10. The van der Waals surface area contributed by atoms with Crippen LogP contribution in [0, 0.1) is 0 Å². The summed E-state index contributed by atoms with van der Waals surface area (Å²) >= 11 is 0. The average molecular weight is 288 g/mol. The summed E-state index contributed by atoms with van der Waals surface area (Å²) in [5.41, 5.74) is 1.25. The van der Waals surface area contributed by atoms with Crippen LogP contribution in [-0.4, -0.2) is 29.4 Å². The minimum absolute atomic E-state index is 0.0602. The van der Waals surface area contributed by atoms with Gasteiger partial charge in [0.25, 0.3) is 0 Å². The van der Waals surface area contributed by atoms with E-state index in [-0.39, 0.29) is 12.1 Å². The second-order valence-electron chi connectivity index (χ2n) is 5.16. The number of rotatable bonds is 6. The van der Waals surface area contributed by atoms with Crippen LogP contribution in [0.3, 0.4) is 0 Å². The van der Waals surface area contributed by atoms with E-state index in [4.69, 9.17) is 9.15 Å². The highest BCUT2D eigenvalue weighted by atomic mass is 16.5. The van der Waals surface area contributed by atoms with Gasteiger partial charge in [0.05, 0.1) is 12.6 Å². The standard InChI is InChI=1S/C15H20N4O2/c1-3-16-10(2)14-18-19-15(21-14)17-9-12-8-11-6-4-5-7-13(11)20-12/h4-7,10,12,16H,3,8-9H2,1-2H3,(H,17,19). The SMILES string of the molecule is CCNC(C)c1nnc(NCC2Cc3ccccc3O2)o1. The number of aromatic nitrogens is 2. The highest BCUT2D eigenvalue weighted by Crippen LogP contribution is 2.28. The van der Waals surface area contributed by atoms with Gasteiger partial charge in [-0.3, -0.25) is 0 Å². The number of hydrogen-bond acceptors (Lipinski definition) is 6. The summed E-state index contributed by atoms with van der Waals surface area (Å²) in [4.78, 5) is 0. The fraction of sp³-hybridized carbons (Fsp3) is 0.467. The van der Waals surface area contributed by atoms with E-state index in [1.807, 2.05) is 32.0 Å². The molecular weight excluding hydrogens is 268 g/mol. The fourth-order valence-corrected chi connectivity index (χ4v) is 2.44. The largest absolute Gasteiger partial charge is 0.488 e. The Labute approximate surface area is 123 Å². The van der Waals surface area contributed by atoms with Crippen molar-refractivity contribution in [2.45, 2.75) is 32.4 Å². The van der Waals surface area contributed by atoms with E-state index in [0.29, 0.717) is 18.5 Å². The Balaban J connectivity index is 1.53. The molecule has 2 N–H and O–H groups in total. The van der Waals surface area contributed by atoms with Crippen molar-refractivity contribution in [2.24, 2.45) is 0 Å². The van der Waals surface area contributed by atoms with Gasteiger partial charge in [-0.1, -0.05) is 30.2 Å². The molecule has 2 aromatic rings. The molecule has 3 rings (SSSR count). The van der Waals surface area contributed by atoms with Crippen LogP contribution in [0.5, 0.6) is 5.75 Å². The second-order valence-corrected chi connectivity index (χ2v) is 5.16. The van der Waals surface area contributed by atoms with Crippen LogP contribution in [0.4, 0.5) is 6.01 Å². The molecule has 2 heterocycles.